The summed E-state index contributed by atoms with van der Waals surface area (Å²) in [6, 6.07) is 42.6. The number of aryl methyl sites for hydroxylation is 1. The lowest BCUT2D eigenvalue weighted by molar-refractivity contribution is 0.375. The molecule has 2 heteroatoms. The van der Waals surface area contributed by atoms with Gasteiger partial charge in [-0.15, -0.1) is 0 Å². The lowest BCUT2D eigenvalue weighted by atomic mass is 10.1. The quantitative estimate of drug-likeness (QED) is 0.340. The third-order valence-corrected chi connectivity index (χ3v) is 11.4. The summed E-state index contributed by atoms with van der Waals surface area (Å²) in [6.07, 6.45) is 0. The molecule has 0 saturated heterocycles. The second-order valence-electron chi connectivity index (χ2n) is 8.18. The van der Waals surface area contributed by atoms with Crippen LogP contribution in [0.3, 0.4) is 0 Å². The van der Waals surface area contributed by atoms with Crippen LogP contribution in [0.1, 0.15) is 16.8 Å². The van der Waals surface area contributed by atoms with Crippen LogP contribution in [-0.2, 0) is 0 Å². The molecule has 1 nitrogen and oxygen atoms in total. The van der Waals surface area contributed by atoms with Crippen molar-refractivity contribution in [2.24, 2.45) is 0 Å². The Morgan fingerprint density at radius 1 is 0.533 bits per heavy atom. The normalized spacial score (nSPS) is 12.7. The highest BCUT2D eigenvalue weighted by atomic mass is 28.3. The molecule has 0 N–H and O–H groups in total. The molecule has 150 valence electrons. The highest BCUT2D eigenvalue weighted by molar-refractivity contribution is 7.12. The fraction of sp³-hybridized carbons (Fsp3) is 0.143. The Kier molecular flexibility index (Phi) is 5.98. The fourth-order valence-electron chi connectivity index (χ4n) is 4.76. The van der Waals surface area contributed by atoms with Gasteiger partial charge >= 0.3 is 0 Å². The van der Waals surface area contributed by atoms with Gasteiger partial charge in [-0.1, -0.05) is 121 Å². The Bertz CT molecular complexity index is 961. The number of hydrogen-bond donors (Lipinski definition) is 0. The van der Waals surface area contributed by atoms with Crippen molar-refractivity contribution in [3.63, 3.8) is 0 Å². The van der Waals surface area contributed by atoms with Crippen molar-refractivity contribution in [1.82, 2.24) is 4.90 Å². The van der Waals surface area contributed by atoms with Gasteiger partial charge in [0.1, 0.15) is 0 Å². The second kappa shape index (κ2) is 8.82. The van der Waals surface area contributed by atoms with E-state index in [1.165, 1.54) is 26.7 Å². The average molecular weight is 408 g/mol. The standard InChI is InChI=1S/C28H29NSi/c1-23-19-21-24(22-20-23)28(29(2)3)30(25-13-7-4-8-14-25,26-15-9-5-10-16-26)27-17-11-6-12-18-27/h4-22,28H,1-3H3. The Hall–Kier alpha value is -2.94. The summed E-state index contributed by atoms with van der Waals surface area (Å²) in [7, 11) is 2.00. The highest BCUT2D eigenvalue weighted by Gasteiger charge is 2.48. The maximum absolute atomic E-state index is 2.45. The molecular formula is C28H29NSi. The fourth-order valence-corrected chi connectivity index (χ4v) is 10.3. The van der Waals surface area contributed by atoms with Gasteiger partial charge in [0, 0.05) is 5.67 Å². The maximum Gasteiger partial charge on any atom is 0.170 e. The Balaban J connectivity index is 2.12. The lowest BCUT2D eigenvalue weighted by Gasteiger charge is -2.44. The van der Waals surface area contributed by atoms with Crippen LogP contribution in [-0.4, -0.2) is 27.1 Å². The van der Waals surface area contributed by atoms with Crippen molar-refractivity contribution < 1.29 is 0 Å². The summed E-state index contributed by atoms with van der Waals surface area (Å²) in [5.41, 5.74) is 2.92. The zero-order valence-corrected chi connectivity index (χ0v) is 19.0. The molecule has 0 spiro atoms. The molecule has 4 rings (SSSR count). The highest BCUT2D eigenvalue weighted by Crippen LogP contribution is 2.29. The summed E-state index contributed by atoms with van der Waals surface area (Å²) in [5.74, 6) is 0. The summed E-state index contributed by atoms with van der Waals surface area (Å²) in [4.78, 5) is 2.42. The van der Waals surface area contributed by atoms with E-state index in [9.17, 15) is 0 Å². The van der Waals surface area contributed by atoms with Crippen LogP contribution in [0.25, 0.3) is 0 Å². The van der Waals surface area contributed by atoms with E-state index in [1.807, 2.05) is 0 Å². The van der Waals surface area contributed by atoms with Crippen LogP contribution in [0.15, 0.2) is 115 Å². The van der Waals surface area contributed by atoms with E-state index in [4.69, 9.17) is 0 Å². The monoisotopic (exact) mass is 407 g/mol. The first-order chi connectivity index (χ1) is 14.6. The Labute approximate surface area is 181 Å². The smallest absolute Gasteiger partial charge is 0.170 e. The number of hydrogen-bond acceptors (Lipinski definition) is 1. The summed E-state index contributed by atoms with van der Waals surface area (Å²) in [6.45, 7) is 2.16. The molecule has 0 aliphatic heterocycles. The largest absolute Gasteiger partial charge is 0.304 e. The van der Waals surface area contributed by atoms with Gasteiger partial charge in [0.05, 0.1) is 0 Å². The topological polar surface area (TPSA) is 3.24 Å². The minimum absolute atomic E-state index is 0.255. The average Bonchev–Trinajstić information content (AvgIpc) is 2.80. The Morgan fingerprint density at radius 2 is 0.900 bits per heavy atom. The van der Waals surface area contributed by atoms with Crippen molar-refractivity contribution in [2.75, 3.05) is 14.1 Å². The van der Waals surface area contributed by atoms with Crippen LogP contribution < -0.4 is 15.6 Å². The Morgan fingerprint density at radius 3 is 1.23 bits per heavy atom. The van der Waals surface area contributed by atoms with Crippen molar-refractivity contribution in [2.45, 2.75) is 12.6 Å². The number of benzene rings is 4. The molecule has 30 heavy (non-hydrogen) atoms. The molecule has 0 aromatic heterocycles. The molecule has 4 aromatic rings. The van der Waals surface area contributed by atoms with Gasteiger partial charge < -0.3 is 4.90 Å². The van der Waals surface area contributed by atoms with Crippen LogP contribution >= 0.6 is 0 Å². The second-order valence-corrected chi connectivity index (χ2v) is 12.1. The maximum atomic E-state index is 2.42. The van der Waals surface area contributed by atoms with Crippen molar-refractivity contribution in [3.8, 4) is 0 Å². The molecule has 0 amide bonds. The van der Waals surface area contributed by atoms with Crippen molar-refractivity contribution >= 4 is 23.6 Å². The first-order valence-electron chi connectivity index (χ1n) is 10.5. The van der Waals surface area contributed by atoms with E-state index in [0.29, 0.717) is 0 Å². The zero-order chi connectivity index (χ0) is 21.0. The summed E-state index contributed by atoms with van der Waals surface area (Å²) in [5, 5.41) is 4.30. The van der Waals surface area contributed by atoms with Crippen molar-refractivity contribution in [1.29, 1.82) is 0 Å². The van der Waals surface area contributed by atoms with E-state index in [0.717, 1.165) is 0 Å². The molecule has 0 bridgehead atoms. The molecule has 1 unspecified atom stereocenters. The van der Waals surface area contributed by atoms with Gasteiger partial charge in [-0.25, -0.2) is 0 Å². The first kappa shape index (κ1) is 20.3. The molecule has 1 atom stereocenters. The SMILES string of the molecule is Cc1ccc(C(N(C)C)[Si](c2ccccc2)(c2ccccc2)c2ccccc2)cc1. The minimum atomic E-state index is -2.45. The van der Waals surface area contributed by atoms with Gasteiger partial charge in [0.15, 0.2) is 8.07 Å². The number of nitrogens with zero attached hydrogens (tertiary/aromatic N) is 1. The summed E-state index contributed by atoms with van der Waals surface area (Å²) < 4.78 is 0. The molecule has 0 aliphatic carbocycles. The molecule has 0 aliphatic rings. The zero-order valence-electron chi connectivity index (χ0n) is 18.0. The lowest BCUT2D eigenvalue weighted by Crippen LogP contribution is -2.73. The predicted octanol–water partition coefficient (Wildman–Crippen LogP) is 4.31. The summed E-state index contributed by atoms with van der Waals surface area (Å²) >= 11 is 0. The van der Waals surface area contributed by atoms with E-state index in [1.54, 1.807) is 0 Å². The number of rotatable bonds is 6. The third-order valence-electron chi connectivity index (χ3n) is 6.01. The molecule has 0 radical (unpaired) electrons. The van der Waals surface area contributed by atoms with Crippen LogP contribution in [0.5, 0.6) is 0 Å². The van der Waals surface area contributed by atoms with E-state index in [-0.39, 0.29) is 5.67 Å². The van der Waals surface area contributed by atoms with Crippen LogP contribution in [0.2, 0.25) is 0 Å². The predicted molar refractivity (Wildman–Crippen MR) is 132 cm³/mol. The van der Waals surface area contributed by atoms with Gasteiger partial charge in [-0.2, -0.15) is 0 Å². The van der Waals surface area contributed by atoms with E-state index in [2.05, 4.69) is 141 Å². The van der Waals surface area contributed by atoms with Gasteiger partial charge in [-0.3, -0.25) is 0 Å². The first-order valence-corrected chi connectivity index (χ1v) is 12.6. The van der Waals surface area contributed by atoms with Gasteiger partial charge in [0.25, 0.3) is 0 Å². The van der Waals surface area contributed by atoms with E-state index < -0.39 is 8.07 Å². The van der Waals surface area contributed by atoms with Gasteiger partial charge in [-0.05, 0) is 42.1 Å². The molecule has 0 heterocycles. The molecule has 0 fully saturated rings. The van der Waals surface area contributed by atoms with E-state index >= 15 is 0 Å². The van der Waals surface area contributed by atoms with Crippen LogP contribution in [0.4, 0.5) is 0 Å². The minimum Gasteiger partial charge on any atom is -0.304 e. The molecule has 0 saturated carbocycles. The molecular weight excluding hydrogens is 378 g/mol. The molecule has 4 aromatic carbocycles. The van der Waals surface area contributed by atoms with Crippen molar-refractivity contribution in [3.05, 3.63) is 126 Å². The van der Waals surface area contributed by atoms with Crippen LogP contribution in [0, 0.1) is 6.92 Å². The third kappa shape index (κ3) is 3.65. The van der Waals surface area contributed by atoms with Gasteiger partial charge in [0.2, 0.25) is 0 Å².